The molecule has 0 amide bonds. The average molecular weight is 328 g/mol. The molecule has 0 saturated heterocycles. The minimum absolute atomic E-state index is 0.111. The third-order valence-electron chi connectivity index (χ3n) is 3.21. The third-order valence-corrected chi connectivity index (χ3v) is 5.01. The summed E-state index contributed by atoms with van der Waals surface area (Å²) in [6.07, 6.45) is 1.08. The van der Waals surface area contributed by atoms with Crippen LogP contribution in [0.25, 0.3) is 0 Å². The topological polar surface area (TPSA) is 12.0 Å². The summed E-state index contributed by atoms with van der Waals surface area (Å²) in [6, 6.07) is 8.00. The van der Waals surface area contributed by atoms with Crippen molar-refractivity contribution in [3.63, 3.8) is 0 Å². The Kier molecular flexibility index (Phi) is 5.50. The van der Waals surface area contributed by atoms with Gasteiger partial charge in [-0.25, -0.2) is 0 Å². The van der Waals surface area contributed by atoms with Crippen molar-refractivity contribution in [2.45, 2.75) is 33.2 Å². The second kappa shape index (κ2) is 6.95. The van der Waals surface area contributed by atoms with Gasteiger partial charge >= 0.3 is 0 Å². The summed E-state index contributed by atoms with van der Waals surface area (Å²) in [6.45, 7) is 7.40. The van der Waals surface area contributed by atoms with Crippen LogP contribution in [0.1, 0.15) is 40.3 Å². The van der Waals surface area contributed by atoms with Crippen molar-refractivity contribution in [3.8, 4) is 0 Å². The van der Waals surface area contributed by atoms with Crippen LogP contribution < -0.4 is 5.32 Å². The van der Waals surface area contributed by atoms with E-state index in [9.17, 15) is 0 Å². The maximum atomic E-state index is 6.38. The van der Waals surface area contributed by atoms with Gasteiger partial charge in [-0.1, -0.05) is 30.1 Å². The van der Waals surface area contributed by atoms with Crippen LogP contribution in [0.4, 0.5) is 0 Å². The van der Waals surface area contributed by atoms with Gasteiger partial charge in [-0.3, -0.25) is 0 Å². The Morgan fingerprint density at radius 3 is 2.55 bits per heavy atom. The Morgan fingerprint density at radius 1 is 1.20 bits per heavy atom. The number of halogens is 2. The molecule has 0 radical (unpaired) electrons. The van der Waals surface area contributed by atoms with E-state index in [4.69, 9.17) is 23.2 Å². The van der Waals surface area contributed by atoms with E-state index in [1.807, 2.05) is 29.5 Å². The van der Waals surface area contributed by atoms with Crippen LogP contribution in [0, 0.1) is 13.8 Å². The van der Waals surface area contributed by atoms with Crippen molar-refractivity contribution in [1.29, 1.82) is 0 Å². The zero-order valence-corrected chi connectivity index (χ0v) is 14.3. The summed E-state index contributed by atoms with van der Waals surface area (Å²) in [5.74, 6) is 0. The Morgan fingerprint density at radius 2 is 1.95 bits per heavy atom. The molecule has 1 atom stereocenters. The molecule has 0 bridgehead atoms. The second-order valence-electron chi connectivity index (χ2n) is 4.96. The maximum Gasteiger partial charge on any atom is 0.0688 e. The van der Waals surface area contributed by atoms with Crippen LogP contribution in [0.5, 0.6) is 0 Å². The number of rotatable bonds is 5. The number of hydrogen-bond donors (Lipinski definition) is 1. The Bertz CT molecular complexity index is 592. The van der Waals surface area contributed by atoms with E-state index < -0.39 is 0 Å². The maximum absolute atomic E-state index is 6.38. The van der Waals surface area contributed by atoms with Crippen molar-refractivity contribution < 1.29 is 0 Å². The lowest BCUT2D eigenvalue weighted by Gasteiger charge is -2.20. The molecule has 1 nitrogen and oxygen atoms in total. The molecule has 1 unspecified atom stereocenters. The number of hydrogen-bond acceptors (Lipinski definition) is 2. The largest absolute Gasteiger partial charge is 0.306 e. The first-order chi connectivity index (χ1) is 9.52. The van der Waals surface area contributed by atoms with Crippen LogP contribution in [-0.2, 0) is 0 Å². The normalized spacial score (nSPS) is 12.7. The first-order valence-corrected chi connectivity index (χ1v) is 8.35. The zero-order chi connectivity index (χ0) is 14.7. The molecule has 20 heavy (non-hydrogen) atoms. The molecule has 0 aliphatic heterocycles. The molecule has 108 valence electrons. The predicted molar refractivity (Wildman–Crippen MR) is 90.4 cm³/mol. The number of nitrogens with one attached hydrogen (secondary N) is 1. The van der Waals surface area contributed by atoms with Gasteiger partial charge in [0.15, 0.2) is 0 Å². The van der Waals surface area contributed by atoms with Crippen LogP contribution in [0.15, 0.2) is 24.3 Å². The van der Waals surface area contributed by atoms with Gasteiger partial charge in [-0.2, -0.15) is 0 Å². The lowest BCUT2D eigenvalue weighted by Crippen LogP contribution is -2.23. The molecule has 0 spiro atoms. The molecule has 1 N–H and O–H groups in total. The minimum Gasteiger partial charge on any atom is -0.306 e. The van der Waals surface area contributed by atoms with E-state index in [1.54, 1.807) is 0 Å². The SMILES string of the molecule is CCCNC(c1cc(Cl)ccc1Cl)c1sc(C)cc1C. The van der Waals surface area contributed by atoms with Gasteiger partial charge in [0.1, 0.15) is 0 Å². The van der Waals surface area contributed by atoms with Gasteiger partial charge in [0.2, 0.25) is 0 Å². The van der Waals surface area contributed by atoms with Gasteiger partial charge in [0.25, 0.3) is 0 Å². The molecular formula is C16H19Cl2NS. The summed E-state index contributed by atoms with van der Waals surface area (Å²) >= 11 is 14.3. The first-order valence-electron chi connectivity index (χ1n) is 6.78. The molecular weight excluding hydrogens is 309 g/mol. The summed E-state index contributed by atoms with van der Waals surface area (Å²) in [5, 5.41) is 5.07. The quantitative estimate of drug-likeness (QED) is 0.736. The summed E-state index contributed by atoms with van der Waals surface area (Å²) in [7, 11) is 0. The van der Waals surface area contributed by atoms with Crippen LogP contribution in [-0.4, -0.2) is 6.54 Å². The van der Waals surface area contributed by atoms with E-state index in [0.717, 1.165) is 28.6 Å². The molecule has 0 fully saturated rings. The highest BCUT2D eigenvalue weighted by Gasteiger charge is 2.20. The van der Waals surface area contributed by atoms with E-state index in [0.29, 0.717) is 0 Å². The Labute approximate surface area is 134 Å². The van der Waals surface area contributed by atoms with Crippen molar-refractivity contribution in [2.75, 3.05) is 6.54 Å². The van der Waals surface area contributed by atoms with Crippen molar-refractivity contribution in [1.82, 2.24) is 5.32 Å². The van der Waals surface area contributed by atoms with Gasteiger partial charge < -0.3 is 5.32 Å². The fourth-order valence-electron chi connectivity index (χ4n) is 2.31. The molecule has 0 aliphatic rings. The minimum atomic E-state index is 0.111. The van der Waals surface area contributed by atoms with Crippen molar-refractivity contribution in [3.05, 3.63) is 55.2 Å². The zero-order valence-electron chi connectivity index (χ0n) is 12.0. The molecule has 1 heterocycles. The smallest absolute Gasteiger partial charge is 0.0688 e. The summed E-state index contributed by atoms with van der Waals surface area (Å²) in [4.78, 5) is 2.64. The average Bonchev–Trinajstić information content (AvgIpc) is 2.73. The monoisotopic (exact) mass is 327 g/mol. The summed E-state index contributed by atoms with van der Waals surface area (Å²) in [5.41, 5.74) is 2.36. The number of thiophene rings is 1. The second-order valence-corrected chi connectivity index (χ2v) is 7.09. The molecule has 2 rings (SSSR count). The van der Waals surface area contributed by atoms with Crippen LogP contribution >= 0.6 is 34.5 Å². The predicted octanol–water partition coefficient (Wildman–Crippen LogP) is 5.76. The van der Waals surface area contributed by atoms with E-state index in [1.165, 1.54) is 15.3 Å². The van der Waals surface area contributed by atoms with Crippen LogP contribution in [0.3, 0.4) is 0 Å². The number of benzene rings is 1. The Balaban J connectivity index is 2.46. The van der Waals surface area contributed by atoms with E-state index in [-0.39, 0.29) is 6.04 Å². The lowest BCUT2D eigenvalue weighted by molar-refractivity contribution is 0.604. The van der Waals surface area contributed by atoms with Crippen LogP contribution in [0.2, 0.25) is 10.0 Å². The van der Waals surface area contributed by atoms with Crippen molar-refractivity contribution >= 4 is 34.5 Å². The number of aryl methyl sites for hydroxylation is 2. The standard InChI is InChI=1S/C16H19Cl2NS/c1-4-7-19-15(16-10(2)8-11(3)20-16)13-9-12(17)5-6-14(13)18/h5-6,8-9,15,19H,4,7H2,1-3H3. The molecule has 1 aromatic carbocycles. The van der Waals surface area contributed by atoms with Gasteiger partial charge in [-0.05, 0) is 62.2 Å². The molecule has 0 aliphatic carbocycles. The highest BCUT2D eigenvalue weighted by Crippen LogP contribution is 2.36. The first kappa shape index (κ1) is 15.8. The highest BCUT2D eigenvalue weighted by molar-refractivity contribution is 7.12. The van der Waals surface area contributed by atoms with E-state index in [2.05, 4.69) is 32.2 Å². The Hall–Kier alpha value is -0.540. The highest BCUT2D eigenvalue weighted by atomic mass is 35.5. The molecule has 0 saturated carbocycles. The van der Waals surface area contributed by atoms with Gasteiger partial charge in [0.05, 0.1) is 6.04 Å². The molecule has 1 aromatic heterocycles. The molecule has 2 aromatic rings. The molecule has 4 heteroatoms. The van der Waals surface area contributed by atoms with Gasteiger partial charge in [0, 0.05) is 19.8 Å². The van der Waals surface area contributed by atoms with E-state index >= 15 is 0 Å². The fourth-order valence-corrected chi connectivity index (χ4v) is 3.85. The fraction of sp³-hybridized carbons (Fsp3) is 0.375. The lowest BCUT2D eigenvalue weighted by atomic mass is 10.0. The third kappa shape index (κ3) is 3.56. The van der Waals surface area contributed by atoms with Crippen molar-refractivity contribution in [2.24, 2.45) is 0 Å². The summed E-state index contributed by atoms with van der Waals surface area (Å²) < 4.78 is 0. The van der Waals surface area contributed by atoms with Gasteiger partial charge in [-0.15, -0.1) is 11.3 Å².